The van der Waals surface area contributed by atoms with Gasteiger partial charge in [-0.1, -0.05) is 66.7 Å². The van der Waals surface area contributed by atoms with Crippen molar-refractivity contribution >= 4 is 15.9 Å². The fraction of sp³-hybridized carbons (Fsp3) is 0.296. The molecule has 7 heteroatoms. The van der Waals surface area contributed by atoms with Gasteiger partial charge in [-0.2, -0.15) is 0 Å². The summed E-state index contributed by atoms with van der Waals surface area (Å²) in [6.45, 7) is 0.494. The van der Waals surface area contributed by atoms with Crippen LogP contribution in [0, 0.1) is 5.41 Å². The van der Waals surface area contributed by atoms with Gasteiger partial charge >= 0.3 is 0 Å². The van der Waals surface area contributed by atoms with Gasteiger partial charge in [-0.3, -0.25) is 4.79 Å². The number of amides is 1. The van der Waals surface area contributed by atoms with Crippen LogP contribution in [-0.4, -0.2) is 26.6 Å². The van der Waals surface area contributed by atoms with Crippen molar-refractivity contribution in [1.82, 2.24) is 4.72 Å². The van der Waals surface area contributed by atoms with Crippen molar-refractivity contribution in [2.24, 2.45) is 11.1 Å². The summed E-state index contributed by atoms with van der Waals surface area (Å²) in [6.07, 6.45) is 3.17. The van der Waals surface area contributed by atoms with E-state index < -0.39 is 15.4 Å². The van der Waals surface area contributed by atoms with Crippen LogP contribution in [0.2, 0.25) is 0 Å². The Kier molecular flexibility index (Phi) is 7.05. The number of carbonyl (C=O) groups is 1. The van der Waals surface area contributed by atoms with E-state index in [1.807, 2.05) is 72.8 Å². The molecule has 3 aromatic carbocycles. The van der Waals surface area contributed by atoms with Gasteiger partial charge in [0.05, 0.1) is 11.7 Å². The summed E-state index contributed by atoms with van der Waals surface area (Å²) in [5.74, 6) is 0.401. The largest absolute Gasteiger partial charge is 0.489 e. The third-order valence-corrected chi connectivity index (χ3v) is 7.16. The quantitative estimate of drug-likeness (QED) is 0.485. The van der Waals surface area contributed by atoms with Crippen molar-refractivity contribution in [2.75, 3.05) is 6.26 Å². The molecule has 1 aliphatic carbocycles. The molecule has 4 rings (SSSR count). The number of carbonyl (C=O) groups excluding carboxylic acids is 1. The van der Waals surface area contributed by atoms with Gasteiger partial charge < -0.3 is 10.5 Å². The normalized spacial score (nSPS) is 20.2. The smallest absolute Gasteiger partial charge is 0.224 e. The van der Waals surface area contributed by atoms with E-state index in [2.05, 4.69) is 10.8 Å². The second-order valence-electron chi connectivity index (χ2n) is 9.15. The number of nitrogens with two attached hydrogens (primary N) is 1. The van der Waals surface area contributed by atoms with Gasteiger partial charge in [0.1, 0.15) is 12.4 Å². The predicted octanol–water partition coefficient (Wildman–Crippen LogP) is 4.05. The summed E-state index contributed by atoms with van der Waals surface area (Å²) >= 11 is 0. The molecule has 0 heterocycles. The Bertz CT molecular complexity index is 1260. The van der Waals surface area contributed by atoms with E-state index in [1.54, 1.807) is 0 Å². The van der Waals surface area contributed by atoms with Gasteiger partial charge in [-0.25, -0.2) is 13.1 Å². The Labute approximate surface area is 201 Å². The summed E-state index contributed by atoms with van der Waals surface area (Å²) in [5.41, 5.74) is 9.19. The molecular formula is C27H30N2O4S. The molecule has 1 amide bonds. The minimum absolute atomic E-state index is 0.274. The predicted molar refractivity (Wildman–Crippen MR) is 134 cm³/mol. The fourth-order valence-corrected chi connectivity index (χ4v) is 5.57. The van der Waals surface area contributed by atoms with Crippen LogP contribution in [0.15, 0.2) is 78.9 Å². The zero-order chi connectivity index (χ0) is 24.2. The third-order valence-electron chi connectivity index (χ3n) is 6.40. The number of sulfonamides is 1. The number of nitrogens with one attached hydrogen (secondary N) is 1. The summed E-state index contributed by atoms with van der Waals surface area (Å²) in [6, 6.07) is 25.7. The van der Waals surface area contributed by atoms with Gasteiger partial charge in [0, 0.05) is 6.04 Å². The zero-order valence-electron chi connectivity index (χ0n) is 19.2. The maximum absolute atomic E-state index is 12.5. The van der Waals surface area contributed by atoms with Crippen LogP contribution >= 0.6 is 0 Å². The van der Waals surface area contributed by atoms with E-state index in [4.69, 9.17) is 10.5 Å². The second kappa shape index (κ2) is 9.99. The number of benzene rings is 3. The Morgan fingerprint density at radius 3 is 2.38 bits per heavy atom. The van der Waals surface area contributed by atoms with Crippen LogP contribution < -0.4 is 15.2 Å². The van der Waals surface area contributed by atoms with Gasteiger partial charge in [0.2, 0.25) is 15.9 Å². The standard InChI is InChI=1S/C27H30N2O4S/c1-34(31,32)29-24-13-14-27(18-24,26(28)30)17-21-9-5-10-22(15-21)23-11-6-12-25(16-23)33-19-20-7-3-2-4-8-20/h2-12,15-16,24,29H,13-14,17-19H2,1H3,(H2,28,30)/t24-,27+/m0/s1. The second-order valence-corrected chi connectivity index (χ2v) is 10.9. The van der Waals surface area contributed by atoms with E-state index in [9.17, 15) is 13.2 Å². The summed E-state index contributed by atoms with van der Waals surface area (Å²) < 4.78 is 31.9. The highest BCUT2D eigenvalue weighted by Crippen LogP contribution is 2.41. The first-order valence-electron chi connectivity index (χ1n) is 11.4. The minimum Gasteiger partial charge on any atom is -0.489 e. The van der Waals surface area contributed by atoms with Crippen LogP contribution in [0.5, 0.6) is 5.75 Å². The van der Waals surface area contributed by atoms with Crippen molar-refractivity contribution in [1.29, 1.82) is 0 Å². The highest BCUT2D eigenvalue weighted by Gasteiger charge is 2.44. The van der Waals surface area contributed by atoms with Crippen LogP contribution in [0.4, 0.5) is 0 Å². The molecule has 0 aromatic heterocycles. The van der Waals surface area contributed by atoms with E-state index in [0.717, 1.165) is 34.3 Å². The molecule has 3 N–H and O–H groups in total. The lowest BCUT2D eigenvalue weighted by Crippen LogP contribution is -2.40. The maximum Gasteiger partial charge on any atom is 0.224 e. The molecule has 0 saturated heterocycles. The van der Waals surface area contributed by atoms with Gasteiger partial charge in [-0.15, -0.1) is 0 Å². The van der Waals surface area contributed by atoms with E-state index in [1.165, 1.54) is 0 Å². The Morgan fingerprint density at radius 2 is 1.68 bits per heavy atom. The van der Waals surface area contributed by atoms with Crippen molar-refractivity contribution in [3.63, 3.8) is 0 Å². The summed E-state index contributed by atoms with van der Waals surface area (Å²) in [7, 11) is -3.34. The first kappa shape index (κ1) is 24.0. The monoisotopic (exact) mass is 478 g/mol. The Balaban J connectivity index is 1.50. The highest BCUT2D eigenvalue weighted by atomic mass is 32.2. The SMILES string of the molecule is CS(=O)(=O)N[C@H]1CC[C@](Cc2cccc(-c3cccc(OCc4ccccc4)c3)c2)(C(N)=O)C1. The molecule has 6 nitrogen and oxygen atoms in total. The van der Waals surface area contributed by atoms with Crippen LogP contribution in [0.1, 0.15) is 30.4 Å². The van der Waals surface area contributed by atoms with Crippen molar-refractivity contribution in [3.8, 4) is 16.9 Å². The maximum atomic E-state index is 12.5. The molecule has 1 saturated carbocycles. The number of hydrogen-bond acceptors (Lipinski definition) is 4. The molecule has 1 aliphatic rings. The molecule has 0 bridgehead atoms. The topological polar surface area (TPSA) is 98.5 Å². The summed E-state index contributed by atoms with van der Waals surface area (Å²) in [5, 5.41) is 0. The van der Waals surface area contributed by atoms with Gasteiger partial charge in [0.15, 0.2) is 0 Å². The van der Waals surface area contributed by atoms with E-state index in [-0.39, 0.29) is 11.9 Å². The molecule has 0 spiro atoms. The van der Waals surface area contributed by atoms with Gasteiger partial charge in [-0.05, 0) is 60.1 Å². The molecule has 0 radical (unpaired) electrons. The minimum atomic E-state index is -3.34. The third kappa shape index (κ3) is 6.04. The average Bonchev–Trinajstić information content (AvgIpc) is 3.21. The molecule has 0 aliphatic heterocycles. The number of hydrogen-bond donors (Lipinski definition) is 2. The molecule has 0 unspecified atom stereocenters. The number of rotatable bonds is 9. The first-order chi connectivity index (χ1) is 16.2. The first-order valence-corrected chi connectivity index (χ1v) is 13.2. The lowest BCUT2D eigenvalue weighted by Gasteiger charge is -2.26. The molecule has 3 aromatic rings. The van der Waals surface area contributed by atoms with E-state index >= 15 is 0 Å². The Hall–Kier alpha value is -3.16. The van der Waals surface area contributed by atoms with Gasteiger partial charge in [0.25, 0.3) is 0 Å². The zero-order valence-corrected chi connectivity index (χ0v) is 20.1. The van der Waals surface area contributed by atoms with Crippen molar-refractivity contribution < 1.29 is 17.9 Å². The van der Waals surface area contributed by atoms with Crippen LogP contribution in [0.25, 0.3) is 11.1 Å². The number of ether oxygens (including phenoxy) is 1. The van der Waals surface area contributed by atoms with Crippen LogP contribution in [-0.2, 0) is 27.8 Å². The molecule has 178 valence electrons. The molecule has 2 atom stereocenters. The van der Waals surface area contributed by atoms with Crippen molar-refractivity contribution in [3.05, 3.63) is 90.0 Å². The Morgan fingerprint density at radius 1 is 1.00 bits per heavy atom. The average molecular weight is 479 g/mol. The van der Waals surface area contributed by atoms with E-state index in [0.29, 0.717) is 32.3 Å². The lowest BCUT2D eigenvalue weighted by atomic mass is 9.78. The molecular weight excluding hydrogens is 448 g/mol. The van der Waals surface area contributed by atoms with Crippen LogP contribution in [0.3, 0.4) is 0 Å². The number of primary amides is 1. The van der Waals surface area contributed by atoms with Crippen molar-refractivity contribution in [2.45, 2.75) is 38.3 Å². The molecule has 1 fully saturated rings. The lowest BCUT2D eigenvalue weighted by molar-refractivity contribution is -0.127. The highest BCUT2D eigenvalue weighted by molar-refractivity contribution is 7.88. The summed E-state index contributed by atoms with van der Waals surface area (Å²) in [4.78, 5) is 12.5. The molecule has 34 heavy (non-hydrogen) atoms. The fourth-order valence-electron chi connectivity index (χ4n) is 4.76.